The minimum absolute atomic E-state index is 0.0632. The van der Waals surface area contributed by atoms with Crippen LogP contribution in [0.3, 0.4) is 0 Å². The monoisotopic (exact) mass is 292 g/mol. The number of hydrogen-bond acceptors (Lipinski definition) is 3. The predicted molar refractivity (Wildman–Crippen MR) is 68.2 cm³/mol. The van der Waals surface area contributed by atoms with Gasteiger partial charge in [0.05, 0.1) is 6.10 Å². The fourth-order valence-electron chi connectivity index (χ4n) is 2.16. The zero-order chi connectivity index (χ0) is 13.9. The molecule has 2 rings (SSSR count). The van der Waals surface area contributed by atoms with E-state index in [1.807, 2.05) is 0 Å². The number of hydrogen-bond donors (Lipinski definition) is 1. The number of aliphatic hydroxyl groups excluding tert-OH is 1. The first kappa shape index (κ1) is 14.5. The maximum Gasteiger partial charge on any atom is 0.573 e. The lowest BCUT2D eigenvalue weighted by Gasteiger charge is -2.27. The number of aliphatic hydroxyl groups is 1. The summed E-state index contributed by atoms with van der Waals surface area (Å²) in [6.07, 6.45) is -2.77. The van der Waals surface area contributed by atoms with E-state index in [0.717, 1.165) is 25.0 Å². The van der Waals surface area contributed by atoms with Crippen molar-refractivity contribution in [1.82, 2.24) is 0 Å². The second-order valence-electron chi connectivity index (χ2n) is 4.44. The van der Waals surface area contributed by atoms with Gasteiger partial charge in [-0.05, 0) is 24.7 Å². The van der Waals surface area contributed by atoms with Crippen LogP contribution < -0.4 is 4.74 Å². The molecule has 0 spiro atoms. The number of benzene rings is 1. The van der Waals surface area contributed by atoms with Gasteiger partial charge in [-0.15, -0.1) is 13.2 Å². The molecule has 1 saturated heterocycles. The number of rotatable bonds is 3. The van der Waals surface area contributed by atoms with Crippen LogP contribution in [0.25, 0.3) is 0 Å². The van der Waals surface area contributed by atoms with Gasteiger partial charge in [-0.1, -0.05) is 24.6 Å². The lowest BCUT2D eigenvalue weighted by Crippen LogP contribution is -2.22. The first-order chi connectivity index (χ1) is 8.97. The zero-order valence-electron chi connectivity index (χ0n) is 10.2. The number of thioether (sulfide) groups is 1. The molecular weight excluding hydrogens is 277 g/mol. The first-order valence-electron chi connectivity index (χ1n) is 6.12. The van der Waals surface area contributed by atoms with Crippen LogP contribution in [-0.2, 0) is 0 Å². The van der Waals surface area contributed by atoms with E-state index in [4.69, 9.17) is 0 Å². The predicted octanol–water partition coefficient (Wildman–Crippen LogP) is 3.90. The summed E-state index contributed by atoms with van der Waals surface area (Å²) in [6.45, 7) is 0. The van der Waals surface area contributed by atoms with Crippen molar-refractivity contribution in [3.05, 3.63) is 29.8 Å². The highest BCUT2D eigenvalue weighted by molar-refractivity contribution is 7.99. The molecule has 2 atom stereocenters. The Hall–Kier alpha value is -0.880. The summed E-state index contributed by atoms with van der Waals surface area (Å²) in [7, 11) is 0. The molecule has 1 aliphatic rings. The second-order valence-corrected chi connectivity index (χ2v) is 5.78. The van der Waals surface area contributed by atoms with Crippen LogP contribution in [0.15, 0.2) is 24.3 Å². The Kier molecular flexibility index (Phi) is 4.62. The number of alkyl halides is 3. The summed E-state index contributed by atoms with van der Waals surface area (Å²) in [5.74, 6) is 0.623. The van der Waals surface area contributed by atoms with Crippen molar-refractivity contribution >= 4 is 11.8 Å². The normalized spacial score (nSPS) is 22.0. The lowest BCUT2D eigenvalue weighted by atomic mass is 10.0. The molecule has 1 aliphatic heterocycles. The van der Waals surface area contributed by atoms with Crippen LogP contribution in [0.1, 0.15) is 30.9 Å². The second kappa shape index (κ2) is 6.05. The third kappa shape index (κ3) is 4.04. The maximum atomic E-state index is 12.3. The summed E-state index contributed by atoms with van der Waals surface area (Å²) in [6, 6.07) is 5.79. The summed E-state index contributed by atoms with van der Waals surface area (Å²) in [5, 5.41) is 10.2. The first-order valence-corrected chi connectivity index (χ1v) is 7.16. The Morgan fingerprint density at radius 2 is 2.00 bits per heavy atom. The van der Waals surface area contributed by atoms with Gasteiger partial charge in [-0.2, -0.15) is 11.8 Å². The summed E-state index contributed by atoms with van der Waals surface area (Å²) in [4.78, 5) is 0. The zero-order valence-corrected chi connectivity index (χ0v) is 11.0. The van der Waals surface area contributed by atoms with Crippen LogP contribution >= 0.6 is 11.8 Å². The molecule has 6 heteroatoms. The van der Waals surface area contributed by atoms with E-state index < -0.39 is 12.5 Å². The average molecular weight is 292 g/mol. The molecule has 1 aromatic carbocycles. The van der Waals surface area contributed by atoms with E-state index in [1.54, 1.807) is 17.8 Å². The molecule has 0 aromatic heterocycles. The van der Waals surface area contributed by atoms with Gasteiger partial charge in [0, 0.05) is 10.8 Å². The van der Waals surface area contributed by atoms with Crippen molar-refractivity contribution < 1.29 is 23.0 Å². The standard InChI is InChI=1S/C13H15F3O2S/c14-13(15,16)18-10-6-2-1-5-9(10)12(17)11-7-3-4-8-19-11/h1-2,5-6,11-12,17H,3-4,7-8H2. The Morgan fingerprint density at radius 1 is 1.26 bits per heavy atom. The van der Waals surface area contributed by atoms with Crippen molar-refractivity contribution in [2.45, 2.75) is 37.0 Å². The van der Waals surface area contributed by atoms with Crippen molar-refractivity contribution in [2.75, 3.05) is 5.75 Å². The van der Waals surface area contributed by atoms with E-state index in [-0.39, 0.29) is 16.6 Å². The van der Waals surface area contributed by atoms with Gasteiger partial charge < -0.3 is 9.84 Å². The van der Waals surface area contributed by atoms with Gasteiger partial charge in [0.1, 0.15) is 5.75 Å². The molecule has 1 aromatic rings. The van der Waals surface area contributed by atoms with E-state index in [9.17, 15) is 18.3 Å². The molecule has 0 saturated carbocycles. The molecule has 19 heavy (non-hydrogen) atoms. The van der Waals surface area contributed by atoms with E-state index >= 15 is 0 Å². The number of halogens is 3. The van der Waals surface area contributed by atoms with Crippen LogP contribution in [0.4, 0.5) is 13.2 Å². The highest BCUT2D eigenvalue weighted by Crippen LogP contribution is 2.39. The van der Waals surface area contributed by atoms with Crippen molar-refractivity contribution in [2.24, 2.45) is 0 Å². The summed E-state index contributed by atoms with van der Waals surface area (Å²) >= 11 is 1.61. The number of para-hydroxylation sites is 1. The molecule has 1 fully saturated rings. The average Bonchev–Trinajstić information content (AvgIpc) is 2.38. The third-order valence-electron chi connectivity index (χ3n) is 3.03. The maximum absolute atomic E-state index is 12.3. The fourth-order valence-corrected chi connectivity index (χ4v) is 3.49. The summed E-state index contributed by atoms with van der Waals surface area (Å²) in [5.41, 5.74) is 0.208. The third-order valence-corrected chi connectivity index (χ3v) is 4.48. The van der Waals surface area contributed by atoms with Crippen LogP contribution in [0, 0.1) is 0 Å². The van der Waals surface area contributed by atoms with E-state index in [0.29, 0.717) is 0 Å². The van der Waals surface area contributed by atoms with Crippen LogP contribution in [-0.4, -0.2) is 22.5 Å². The summed E-state index contributed by atoms with van der Waals surface area (Å²) < 4.78 is 40.9. The molecule has 2 nitrogen and oxygen atoms in total. The van der Waals surface area contributed by atoms with Crippen LogP contribution in [0.5, 0.6) is 5.75 Å². The fraction of sp³-hybridized carbons (Fsp3) is 0.538. The molecule has 0 radical (unpaired) electrons. The molecule has 2 unspecified atom stereocenters. The van der Waals surface area contributed by atoms with Gasteiger partial charge in [0.2, 0.25) is 0 Å². The molecular formula is C13H15F3O2S. The topological polar surface area (TPSA) is 29.5 Å². The van der Waals surface area contributed by atoms with Crippen molar-refractivity contribution in [3.8, 4) is 5.75 Å². The largest absolute Gasteiger partial charge is 0.573 e. The number of ether oxygens (including phenoxy) is 1. The molecule has 1 heterocycles. The lowest BCUT2D eigenvalue weighted by molar-refractivity contribution is -0.275. The van der Waals surface area contributed by atoms with Gasteiger partial charge in [-0.25, -0.2) is 0 Å². The minimum atomic E-state index is -4.74. The van der Waals surface area contributed by atoms with Gasteiger partial charge >= 0.3 is 6.36 Å². The van der Waals surface area contributed by atoms with E-state index in [2.05, 4.69) is 4.74 Å². The molecule has 106 valence electrons. The van der Waals surface area contributed by atoms with Crippen LogP contribution in [0.2, 0.25) is 0 Å². The molecule has 1 N–H and O–H groups in total. The highest BCUT2D eigenvalue weighted by Gasteiger charge is 2.34. The smallest absolute Gasteiger partial charge is 0.405 e. The Morgan fingerprint density at radius 3 is 2.63 bits per heavy atom. The Labute approximate surface area is 114 Å². The van der Waals surface area contributed by atoms with Crippen molar-refractivity contribution in [3.63, 3.8) is 0 Å². The van der Waals surface area contributed by atoms with Gasteiger partial charge in [-0.3, -0.25) is 0 Å². The molecule has 0 bridgehead atoms. The van der Waals surface area contributed by atoms with Crippen molar-refractivity contribution in [1.29, 1.82) is 0 Å². The Bertz CT molecular complexity index is 417. The quantitative estimate of drug-likeness (QED) is 0.916. The Balaban J connectivity index is 2.18. The molecule has 0 amide bonds. The SMILES string of the molecule is OC(c1ccccc1OC(F)(F)F)C1CCCCS1. The molecule has 0 aliphatic carbocycles. The van der Waals surface area contributed by atoms with Gasteiger partial charge in [0.25, 0.3) is 0 Å². The highest BCUT2D eigenvalue weighted by atomic mass is 32.2. The van der Waals surface area contributed by atoms with Gasteiger partial charge in [0.15, 0.2) is 0 Å². The van der Waals surface area contributed by atoms with E-state index in [1.165, 1.54) is 18.2 Å². The minimum Gasteiger partial charge on any atom is -0.405 e.